The molecule has 3 heterocycles. The van der Waals surface area contributed by atoms with E-state index < -0.39 is 5.60 Å². The fourth-order valence-corrected chi connectivity index (χ4v) is 3.28. The molecule has 1 aromatic rings. The third-order valence-corrected chi connectivity index (χ3v) is 4.69. The lowest BCUT2D eigenvalue weighted by Gasteiger charge is -2.43. The van der Waals surface area contributed by atoms with Crippen LogP contribution in [0.4, 0.5) is 5.95 Å². The minimum Gasteiger partial charge on any atom is -0.376 e. The van der Waals surface area contributed by atoms with Crippen molar-refractivity contribution in [3.63, 3.8) is 0 Å². The molecule has 1 atom stereocenters. The molecule has 23 heavy (non-hydrogen) atoms. The second kappa shape index (κ2) is 6.05. The maximum Gasteiger partial charge on any atom is 0.248 e. The summed E-state index contributed by atoms with van der Waals surface area (Å²) < 4.78 is 11.8. The van der Waals surface area contributed by atoms with Crippen LogP contribution in [0, 0.1) is 5.92 Å². The van der Waals surface area contributed by atoms with E-state index in [9.17, 15) is 4.79 Å². The average Bonchev–Trinajstić information content (AvgIpc) is 3.40. The molecular weight excluding hydrogens is 296 g/mol. The zero-order valence-corrected chi connectivity index (χ0v) is 13.2. The van der Waals surface area contributed by atoms with Gasteiger partial charge in [-0.1, -0.05) is 0 Å². The predicted octanol–water partition coefficient (Wildman–Crippen LogP) is 0.321. The molecule has 2 saturated heterocycles. The van der Waals surface area contributed by atoms with Gasteiger partial charge in [-0.05, 0) is 24.8 Å². The zero-order valence-electron chi connectivity index (χ0n) is 13.2. The van der Waals surface area contributed by atoms with Gasteiger partial charge in [-0.25, -0.2) is 9.97 Å². The first-order valence-corrected chi connectivity index (χ1v) is 8.26. The van der Waals surface area contributed by atoms with Crippen molar-refractivity contribution in [2.75, 3.05) is 50.9 Å². The van der Waals surface area contributed by atoms with Gasteiger partial charge in [0, 0.05) is 25.5 Å². The van der Waals surface area contributed by atoms with Crippen molar-refractivity contribution in [3.8, 4) is 0 Å². The van der Waals surface area contributed by atoms with E-state index in [1.165, 1.54) is 12.8 Å². The van der Waals surface area contributed by atoms with E-state index in [1.54, 1.807) is 18.5 Å². The largest absolute Gasteiger partial charge is 0.376 e. The summed E-state index contributed by atoms with van der Waals surface area (Å²) in [6.45, 7) is 4.07. The van der Waals surface area contributed by atoms with Crippen molar-refractivity contribution in [2.45, 2.75) is 18.4 Å². The van der Waals surface area contributed by atoms with Crippen LogP contribution < -0.4 is 4.90 Å². The molecule has 0 radical (unpaired) electrons. The highest BCUT2D eigenvalue weighted by molar-refractivity contribution is 5.78. The molecule has 0 unspecified atom stereocenters. The number of carbonyl (C=O) groups is 1. The lowest BCUT2D eigenvalue weighted by molar-refractivity contribution is -0.170. The predicted molar refractivity (Wildman–Crippen MR) is 83.1 cm³/mol. The number of amides is 1. The molecule has 3 fully saturated rings. The first kappa shape index (κ1) is 14.8. The van der Waals surface area contributed by atoms with Crippen LogP contribution in [0.3, 0.4) is 0 Å². The molecule has 1 aliphatic carbocycles. The summed E-state index contributed by atoms with van der Waals surface area (Å²) in [4.78, 5) is 24.9. The number of aromatic nitrogens is 2. The van der Waals surface area contributed by atoms with E-state index in [2.05, 4.69) is 14.9 Å². The van der Waals surface area contributed by atoms with Crippen LogP contribution in [0.1, 0.15) is 12.8 Å². The molecule has 0 N–H and O–H groups in total. The van der Waals surface area contributed by atoms with Gasteiger partial charge in [0.05, 0.1) is 26.3 Å². The molecule has 7 heteroatoms. The van der Waals surface area contributed by atoms with Gasteiger partial charge in [0.25, 0.3) is 0 Å². The van der Waals surface area contributed by atoms with E-state index in [1.807, 2.05) is 4.90 Å². The Morgan fingerprint density at radius 2 is 2.09 bits per heavy atom. The molecular formula is C16H22N4O3. The zero-order chi connectivity index (χ0) is 15.7. The number of morpholine rings is 1. The lowest BCUT2D eigenvalue weighted by atomic mass is 10.0. The third-order valence-electron chi connectivity index (χ3n) is 4.69. The Morgan fingerprint density at radius 1 is 1.26 bits per heavy atom. The highest BCUT2D eigenvalue weighted by Crippen LogP contribution is 2.32. The molecule has 124 valence electrons. The maximum absolute atomic E-state index is 12.1. The second-order valence-corrected chi connectivity index (χ2v) is 6.71. The van der Waals surface area contributed by atoms with E-state index in [0.29, 0.717) is 38.2 Å². The quantitative estimate of drug-likeness (QED) is 0.800. The summed E-state index contributed by atoms with van der Waals surface area (Å²) in [5.74, 6) is 1.45. The minimum absolute atomic E-state index is 0.0919. The lowest BCUT2D eigenvalue weighted by Crippen LogP contribution is -2.61. The van der Waals surface area contributed by atoms with Gasteiger partial charge in [0.15, 0.2) is 0 Å². The Morgan fingerprint density at radius 3 is 2.87 bits per heavy atom. The van der Waals surface area contributed by atoms with Gasteiger partial charge < -0.3 is 19.3 Å². The van der Waals surface area contributed by atoms with Crippen LogP contribution in [0.2, 0.25) is 0 Å². The summed E-state index contributed by atoms with van der Waals surface area (Å²) >= 11 is 0. The Kier molecular flexibility index (Phi) is 3.90. The summed E-state index contributed by atoms with van der Waals surface area (Å²) in [6, 6.07) is 1.81. The van der Waals surface area contributed by atoms with E-state index in [0.717, 1.165) is 13.1 Å². The van der Waals surface area contributed by atoms with Gasteiger partial charge in [-0.2, -0.15) is 0 Å². The van der Waals surface area contributed by atoms with Gasteiger partial charge >= 0.3 is 0 Å². The molecule has 1 aromatic heterocycles. The Hall–Kier alpha value is -1.73. The van der Waals surface area contributed by atoms with Crippen molar-refractivity contribution < 1.29 is 14.3 Å². The van der Waals surface area contributed by atoms with Gasteiger partial charge in [0.2, 0.25) is 11.9 Å². The molecule has 3 aliphatic rings. The average molecular weight is 318 g/mol. The number of hydrogen-bond acceptors (Lipinski definition) is 6. The molecule has 1 saturated carbocycles. The highest BCUT2D eigenvalue weighted by Gasteiger charge is 2.44. The molecule has 4 rings (SSSR count). The van der Waals surface area contributed by atoms with Crippen LogP contribution in [0.15, 0.2) is 18.5 Å². The first-order chi connectivity index (χ1) is 11.2. The summed E-state index contributed by atoms with van der Waals surface area (Å²) in [6.07, 6.45) is 5.95. The Labute approximate surface area is 135 Å². The topological polar surface area (TPSA) is 67.8 Å². The number of rotatable bonds is 3. The smallest absolute Gasteiger partial charge is 0.248 e. The molecule has 0 bridgehead atoms. The van der Waals surface area contributed by atoms with Crippen LogP contribution in [-0.2, 0) is 14.3 Å². The number of ether oxygens (including phenoxy) is 2. The maximum atomic E-state index is 12.1. The molecule has 7 nitrogen and oxygen atoms in total. The van der Waals surface area contributed by atoms with Crippen LogP contribution in [0.25, 0.3) is 0 Å². The van der Waals surface area contributed by atoms with E-state index >= 15 is 0 Å². The van der Waals surface area contributed by atoms with E-state index in [4.69, 9.17) is 9.47 Å². The van der Waals surface area contributed by atoms with Crippen LogP contribution in [0.5, 0.6) is 0 Å². The highest BCUT2D eigenvalue weighted by atomic mass is 16.6. The fraction of sp³-hybridized carbons (Fsp3) is 0.688. The normalized spacial score (nSPS) is 29.0. The monoisotopic (exact) mass is 318 g/mol. The van der Waals surface area contributed by atoms with Crippen molar-refractivity contribution in [1.29, 1.82) is 0 Å². The van der Waals surface area contributed by atoms with Crippen LogP contribution in [-0.4, -0.2) is 72.4 Å². The standard InChI is InChI=1S/C16H22N4O3/c21-14-9-23-16(11-20(14)8-13-2-3-13)10-19(6-7-22-12-16)15-17-4-1-5-18-15/h1,4-5,13H,2-3,6-12H2/t16-/m1/s1. The molecule has 0 aromatic carbocycles. The third kappa shape index (κ3) is 3.30. The first-order valence-electron chi connectivity index (χ1n) is 8.26. The summed E-state index contributed by atoms with van der Waals surface area (Å²) in [5, 5.41) is 0. The summed E-state index contributed by atoms with van der Waals surface area (Å²) in [5.41, 5.74) is -0.488. The van der Waals surface area contributed by atoms with Crippen LogP contribution >= 0.6 is 0 Å². The van der Waals surface area contributed by atoms with E-state index in [-0.39, 0.29) is 12.5 Å². The SMILES string of the molecule is O=C1CO[C@@]2(COCCN(c3ncccn3)C2)CN1CC1CC1. The molecule has 2 aliphatic heterocycles. The summed E-state index contributed by atoms with van der Waals surface area (Å²) in [7, 11) is 0. The Bertz CT molecular complexity index is 566. The Balaban J connectivity index is 1.52. The van der Waals surface area contributed by atoms with Gasteiger partial charge in [0.1, 0.15) is 12.2 Å². The number of carbonyl (C=O) groups excluding carboxylic acids is 1. The molecule has 1 spiro atoms. The van der Waals surface area contributed by atoms with Crippen molar-refractivity contribution in [3.05, 3.63) is 18.5 Å². The fourth-order valence-electron chi connectivity index (χ4n) is 3.28. The van der Waals surface area contributed by atoms with Crippen molar-refractivity contribution in [2.24, 2.45) is 5.92 Å². The van der Waals surface area contributed by atoms with Gasteiger partial charge in [-0.3, -0.25) is 4.79 Å². The number of hydrogen-bond donors (Lipinski definition) is 0. The number of anilines is 1. The molecule has 1 amide bonds. The number of nitrogens with zero attached hydrogens (tertiary/aromatic N) is 4. The van der Waals surface area contributed by atoms with Crippen molar-refractivity contribution >= 4 is 11.9 Å². The van der Waals surface area contributed by atoms with Gasteiger partial charge in [-0.15, -0.1) is 0 Å². The van der Waals surface area contributed by atoms with Crippen molar-refractivity contribution in [1.82, 2.24) is 14.9 Å². The second-order valence-electron chi connectivity index (χ2n) is 6.71. The minimum atomic E-state index is -0.488.